The maximum atomic E-state index is 11.1. The summed E-state index contributed by atoms with van der Waals surface area (Å²) in [6, 6.07) is 5.31. The molecule has 0 atom stereocenters. The van der Waals surface area contributed by atoms with Crippen LogP contribution in [0.5, 0.6) is 5.75 Å². The van der Waals surface area contributed by atoms with E-state index >= 15 is 0 Å². The predicted molar refractivity (Wildman–Crippen MR) is 52.1 cm³/mol. The normalized spacial score (nSPS) is 10.0. The Labute approximate surface area is 78.2 Å². The van der Waals surface area contributed by atoms with Gasteiger partial charge in [0.05, 0.1) is 5.56 Å². The first-order valence-corrected chi connectivity index (χ1v) is 4.48. The number of aryl methyl sites for hydroxylation is 1. The largest absolute Gasteiger partial charge is 0.507 e. The van der Waals surface area contributed by atoms with E-state index in [1.54, 1.807) is 12.1 Å². The molecule has 70 valence electrons. The van der Waals surface area contributed by atoms with Crippen molar-refractivity contribution in [3.05, 3.63) is 29.3 Å². The van der Waals surface area contributed by atoms with Crippen LogP contribution in [0.3, 0.4) is 0 Å². The van der Waals surface area contributed by atoms with Gasteiger partial charge in [-0.2, -0.15) is 0 Å². The molecule has 1 N–H and O–H groups in total. The van der Waals surface area contributed by atoms with Crippen LogP contribution in [0.15, 0.2) is 18.2 Å². The topological polar surface area (TPSA) is 37.3 Å². The van der Waals surface area contributed by atoms with Crippen LogP contribution in [0.4, 0.5) is 0 Å². The zero-order chi connectivity index (χ0) is 9.84. The maximum absolute atomic E-state index is 11.1. The Hall–Kier alpha value is -1.31. The molecule has 1 aromatic carbocycles. The van der Waals surface area contributed by atoms with E-state index in [9.17, 15) is 9.90 Å². The molecule has 0 spiro atoms. The summed E-state index contributed by atoms with van der Waals surface area (Å²) in [4.78, 5) is 11.1. The third-order valence-corrected chi connectivity index (χ3v) is 2.02. The van der Waals surface area contributed by atoms with Crippen LogP contribution < -0.4 is 0 Å². The van der Waals surface area contributed by atoms with E-state index < -0.39 is 0 Å². The molecule has 1 rings (SSSR count). The van der Waals surface area contributed by atoms with Crippen LogP contribution in [0.1, 0.15) is 36.2 Å². The van der Waals surface area contributed by atoms with Crippen molar-refractivity contribution in [3.63, 3.8) is 0 Å². The maximum Gasteiger partial charge on any atom is 0.163 e. The average molecular weight is 178 g/mol. The van der Waals surface area contributed by atoms with Crippen LogP contribution in [0, 0.1) is 0 Å². The second-order valence-electron chi connectivity index (χ2n) is 3.12. The lowest BCUT2D eigenvalue weighted by Gasteiger charge is -2.05. The number of aromatic hydroxyl groups is 1. The van der Waals surface area contributed by atoms with Crippen LogP contribution in [0.2, 0.25) is 0 Å². The molecule has 0 heterocycles. The van der Waals surface area contributed by atoms with Gasteiger partial charge in [-0.25, -0.2) is 0 Å². The molecule has 0 unspecified atom stereocenters. The molecule has 1 aromatic rings. The van der Waals surface area contributed by atoms with Gasteiger partial charge in [-0.05, 0) is 25.0 Å². The van der Waals surface area contributed by atoms with Gasteiger partial charge in [0.1, 0.15) is 5.75 Å². The summed E-state index contributed by atoms with van der Waals surface area (Å²) in [5.41, 5.74) is 1.28. The number of phenolic OH excluding ortho intramolecular Hbond substituents is 1. The van der Waals surface area contributed by atoms with Gasteiger partial charge in [-0.15, -0.1) is 0 Å². The summed E-state index contributed by atoms with van der Waals surface area (Å²) in [6.45, 7) is 3.50. The van der Waals surface area contributed by atoms with Crippen molar-refractivity contribution in [2.45, 2.75) is 26.7 Å². The van der Waals surface area contributed by atoms with Gasteiger partial charge in [0.2, 0.25) is 0 Å². The lowest BCUT2D eigenvalue weighted by molar-refractivity contribution is 0.101. The highest BCUT2D eigenvalue weighted by Gasteiger charge is 2.08. The molecule has 0 aromatic heterocycles. The minimum Gasteiger partial charge on any atom is -0.507 e. The highest BCUT2D eigenvalue weighted by molar-refractivity contribution is 5.97. The number of Topliss-reactive ketones (excluding diaryl/α,β-unsaturated/α-hetero) is 1. The zero-order valence-corrected chi connectivity index (χ0v) is 8.00. The number of hydrogen-bond donors (Lipinski definition) is 1. The molecule has 2 heteroatoms. The first kappa shape index (κ1) is 9.78. The number of rotatable bonds is 3. The molecule has 2 nitrogen and oxygen atoms in total. The molecule has 0 aliphatic rings. The zero-order valence-electron chi connectivity index (χ0n) is 8.00. The molecular formula is C11H14O2. The Morgan fingerprint density at radius 2 is 2.15 bits per heavy atom. The average Bonchev–Trinajstić information content (AvgIpc) is 2.08. The van der Waals surface area contributed by atoms with E-state index in [0.29, 0.717) is 5.56 Å². The summed E-state index contributed by atoms with van der Waals surface area (Å²) >= 11 is 0. The van der Waals surface area contributed by atoms with Gasteiger partial charge in [-0.1, -0.05) is 25.5 Å². The van der Waals surface area contributed by atoms with Crippen molar-refractivity contribution in [2.75, 3.05) is 0 Å². The Bertz CT molecular complexity index is 316. The highest BCUT2D eigenvalue weighted by atomic mass is 16.3. The van der Waals surface area contributed by atoms with Gasteiger partial charge in [0.25, 0.3) is 0 Å². The Balaban J connectivity index is 3.10. The van der Waals surface area contributed by atoms with E-state index in [-0.39, 0.29) is 11.5 Å². The number of hydrogen-bond acceptors (Lipinski definition) is 2. The van der Waals surface area contributed by atoms with Crippen molar-refractivity contribution >= 4 is 5.78 Å². The fraction of sp³-hybridized carbons (Fsp3) is 0.364. The molecule has 13 heavy (non-hydrogen) atoms. The molecule has 0 bridgehead atoms. The smallest absolute Gasteiger partial charge is 0.163 e. The van der Waals surface area contributed by atoms with Crippen LogP contribution in [0.25, 0.3) is 0 Å². The highest BCUT2D eigenvalue weighted by Crippen LogP contribution is 2.23. The molecule has 0 radical (unpaired) electrons. The van der Waals surface area contributed by atoms with E-state index in [2.05, 4.69) is 0 Å². The molecular weight excluding hydrogens is 164 g/mol. The van der Waals surface area contributed by atoms with Crippen molar-refractivity contribution in [2.24, 2.45) is 0 Å². The van der Waals surface area contributed by atoms with Crippen molar-refractivity contribution in [1.29, 1.82) is 0 Å². The summed E-state index contributed by atoms with van der Waals surface area (Å²) in [7, 11) is 0. The summed E-state index contributed by atoms with van der Waals surface area (Å²) in [6.07, 6.45) is 1.78. The molecule has 0 saturated carbocycles. The molecule has 0 amide bonds. The Kier molecular flexibility index (Phi) is 3.07. The first-order valence-electron chi connectivity index (χ1n) is 4.48. The third kappa shape index (κ3) is 2.08. The lowest BCUT2D eigenvalue weighted by atomic mass is 10.0. The van der Waals surface area contributed by atoms with Gasteiger partial charge in [0.15, 0.2) is 5.78 Å². The van der Waals surface area contributed by atoms with Crippen LogP contribution in [-0.4, -0.2) is 10.9 Å². The minimum absolute atomic E-state index is 0.0875. The van der Waals surface area contributed by atoms with E-state index in [1.807, 2.05) is 13.0 Å². The number of ketones is 1. The SMILES string of the molecule is CCCc1cccc(C(C)=O)c1O. The molecule has 0 aliphatic heterocycles. The minimum atomic E-state index is -0.0875. The predicted octanol–water partition coefficient (Wildman–Crippen LogP) is 2.55. The summed E-state index contributed by atoms with van der Waals surface area (Å²) < 4.78 is 0. The second-order valence-corrected chi connectivity index (χ2v) is 3.12. The summed E-state index contributed by atoms with van der Waals surface area (Å²) in [5, 5.41) is 9.67. The molecule has 0 saturated heterocycles. The monoisotopic (exact) mass is 178 g/mol. The van der Waals surface area contributed by atoms with Crippen molar-refractivity contribution in [1.82, 2.24) is 0 Å². The number of phenols is 1. The lowest BCUT2D eigenvalue weighted by Crippen LogP contribution is -1.95. The number of carbonyl (C=O) groups is 1. The fourth-order valence-corrected chi connectivity index (χ4v) is 1.35. The van der Waals surface area contributed by atoms with Gasteiger partial charge < -0.3 is 5.11 Å². The number of benzene rings is 1. The van der Waals surface area contributed by atoms with E-state index in [4.69, 9.17) is 0 Å². The fourth-order valence-electron chi connectivity index (χ4n) is 1.35. The van der Waals surface area contributed by atoms with Crippen LogP contribution in [-0.2, 0) is 6.42 Å². The van der Waals surface area contributed by atoms with Crippen molar-refractivity contribution < 1.29 is 9.90 Å². The van der Waals surface area contributed by atoms with E-state index in [0.717, 1.165) is 18.4 Å². The quantitative estimate of drug-likeness (QED) is 0.722. The van der Waals surface area contributed by atoms with Crippen molar-refractivity contribution in [3.8, 4) is 5.75 Å². The first-order chi connectivity index (χ1) is 6.16. The third-order valence-electron chi connectivity index (χ3n) is 2.02. The van der Waals surface area contributed by atoms with Crippen LogP contribution >= 0.6 is 0 Å². The number of para-hydroxylation sites is 1. The Morgan fingerprint density at radius 3 is 2.69 bits per heavy atom. The standard InChI is InChI=1S/C11H14O2/c1-3-5-9-6-4-7-10(8(2)12)11(9)13/h4,6-7,13H,3,5H2,1-2H3. The van der Waals surface area contributed by atoms with E-state index in [1.165, 1.54) is 6.92 Å². The number of carbonyl (C=O) groups excluding carboxylic acids is 1. The summed E-state index contributed by atoms with van der Waals surface area (Å²) in [5.74, 6) is 0.0623. The molecule has 0 aliphatic carbocycles. The van der Waals surface area contributed by atoms with Gasteiger partial charge in [0, 0.05) is 0 Å². The second kappa shape index (κ2) is 4.08. The van der Waals surface area contributed by atoms with Gasteiger partial charge >= 0.3 is 0 Å². The molecule has 0 fully saturated rings. The Morgan fingerprint density at radius 1 is 1.46 bits per heavy atom. The van der Waals surface area contributed by atoms with Gasteiger partial charge in [-0.3, -0.25) is 4.79 Å².